The minimum Gasteiger partial charge on any atom is -0.469 e. The van der Waals surface area contributed by atoms with Crippen LogP contribution in [-0.2, 0) is 6.42 Å². The average Bonchev–Trinajstić information content (AvgIpc) is 2.70. The Balaban J connectivity index is 2.16. The lowest BCUT2D eigenvalue weighted by molar-refractivity contribution is 0.529. The third kappa shape index (κ3) is 2.73. The predicted molar refractivity (Wildman–Crippen MR) is 71.7 cm³/mol. The van der Waals surface area contributed by atoms with E-state index in [1.54, 1.807) is 6.26 Å². The smallest absolute Gasteiger partial charge is 0.105 e. The van der Waals surface area contributed by atoms with E-state index in [1.807, 2.05) is 13.0 Å². The molecule has 0 saturated carbocycles. The van der Waals surface area contributed by atoms with E-state index in [0.29, 0.717) is 0 Å². The van der Waals surface area contributed by atoms with Crippen LogP contribution in [0.4, 0.5) is 0 Å². The Labute approximate surface area is 107 Å². The minimum atomic E-state index is -0.0177. The number of hydrogen-bond acceptors (Lipinski definition) is 1. The van der Waals surface area contributed by atoms with Crippen molar-refractivity contribution in [1.29, 1.82) is 0 Å². The van der Waals surface area contributed by atoms with Crippen molar-refractivity contribution in [2.24, 2.45) is 0 Å². The van der Waals surface area contributed by atoms with E-state index < -0.39 is 0 Å². The molecule has 0 aliphatic carbocycles. The summed E-state index contributed by atoms with van der Waals surface area (Å²) in [6.45, 7) is 6.20. The van der Waals surface area contributed by atoms with Gasteiger partial charge in [0.25, 0.3) is 0 Å². The third-order valence-corrected chi connectivity index (χ3v) is 3.61. The summed E-state index contributed by atoms with van der Waals surface area (Å²) in [6.07, 6.45) is 2.53. The summed E-state index contributed by atoms with van der Waals surface area (Å²) >= 11 is 6.42. The molecule has 1 aromatic carbocycles. The molecule has 90 valence electrons. The van der Waals surface area contributed by atoms with Crippen molar-refractivity contribution in [1.82, 2.24) is 0 Å². The highest BCUT2D eigenvalue weighted by molar-refractivity contribution is 6.21. The van der Waals surface area contributed by atoms with Gasteiger partial charge in [-0.15, -0.1) is 11.6 Å². The molecule has 1 unspecified atom stereocenters. The Morgan fingerprint density at radius 1 is 1.12 bits per heavy atom. The van der Waals surface area contributed by atoms with Crippen LogP contribution in [0.2, 0.25) is 0 Å². The maximum Gasteiger partial charge on any atom is 0.105 e. The Morgan fingerprint density at radius 3 is 2.47 bits per heavy atom. The minimum absolute atomic E-state index is 0.0177. The SMILES string of the molecule is Cc1ccc(CC(Cl)c2ccoc2C)cc1C. The number of furan rings is 1. The lowest BCUT2D eigenvalue weighted by atomic mass is 10.0. The molecule has 2 aromatic rings. The molecule has 1 aromatic heterocycles. The lowest BCUT2D eigenvalue weighted by Gasteiger charge is -2.10. The highest BCUT2D eigenvalue weighted by Crippen LogP contribution is 2.28. The van der Waals surface area contributed by atoms with Crippen LogP contribution in [-0.4, -0.2) is 0 Å². The van der Waals surface area contributed by atoms with E-state index in [1.165, 1.54) is 16.7 Å². The van der Waals surface area contributed by atoms with Gasteiger partial charge in [-0.3, -0.25) is 0 Å². The summed E-state index contributed by atoms with van der Waals surface area (Å²) in [6, 6.07) is 8.46. The van der Waals surface area contributed by atoms with Crippen LogP contribution in [0.5, 0.6) is 0 Å². The van der Waals surface area contributed by atoms with Gasteiger partial charge in [-0.2, -0.15) is 0 Å². The van der Waals surface area contributed by atoms with Crippen LogP contribution in [0.15, 0.2) is 34.9 Å². The van der Waals surface area contributed by atoms with Gasteiger partial charge in [-0.05, 0) is 49.9 Å². The van der Waals surface area contributed by atoms with Gasteiger partial charge in [0.05, 0.1) is 11.6 Å². The molecule has 0 radical (unpaired) electrons. The van der Waals surface area contributed by atoms with Crippen LogP contribution in [0.3, 0.4) is 0 Å². The molecule has 1 nitrogen and oxygen atoms in total. The molecule has 17 heavy (non-hydrogen) atoms. The van der Waals surface area contributed by atoms with Crippen LogP contribution in [0.1, 0.15) is 33.4 Å². The van der Waals surface area contributed by atoms with Gasteiger partial charge in [0.1, 0.15) is 5.76 Å². The molecular formula is C15H17ClO. The second-order valence-electron chi connectivity index (χ2n) is 4.52. The topological polar surface area (TPSA) is 13.1 Å². The molecular weight excluding hydrogens is 232 g/mol. The normalized spacial score (nSPS) is 12.7. The van der Waals surface area contributed by atoms with Gasteiger partial charge in [0, 0.05) is 5.56 Å². The van der Waals surface area contributed by atoms with Crippen molar-refractivity contribution in [3.05, 3.63) is 58.5 Å². The molecule has 0 bridgehead atoms. The molecule has 0 aliphatic heterocycles. The average molecular weight is 249 g/mol. The Hall–Kier alpha value is -1.21. The predicted octanol–water partition coefficient (Wildman–Crippen LogP) is 4.73. The Kier molecular flexibility index (Phi) is 3.58. The summed E-state index contributed by atoms with van der Waals surface area (Å²) in [7, 11) is 0. The van der Waals surface area contributed by atoms with Crippen LogP contribution in [0.25, 0.3) is 0 Å². The number of halogens is 1. The fraction of sp³-hybridized carbons (Fsp3) is 0.333. The molecule has 0 amide bonds. The van der Waals surface area contributed by atoms with E-state index in [-0.39, 0.29) is 5.38 Å². The molecule has 1 heterocycles. The molecule has 0 fully saturated rings. The maximum absolute atomic E-state index is 6.42. The number of benzene rings is 1. The van der Waals surface area contributed by atoms with Crippen LogP contribution in [0, 0.1) is 20.8 Å². The first kappa shape index (κ1) is 12.3. The quantitative estimate of drug-likeness (QED) is 0.716. The van der Waals surface area contributed by atoms with Crippen molar-refractivity contribution in [2.75, 3.05) is 0 Å². The van der Waals surface area contributed by atoms with Crippen molar-refractivity contribution in [3.63, 3.8) is 0 Å². The number of rotatable bonds is 3. The molecule has 0 N–H and O–H groups in total. The van der Waals surface area contributed by atoms with Crippen LogP contribution >= 0.6 is 11.6 Å². The number of alkyl halides is 1. The van der Waals surface area contributed by atoms with E-state index in [9.17, 15) is 0 Å². The fourth-order valence-electron chi connectivity index (χ4n) is 1.97. The summed E-state index contributed by atoms with van der Waals surface area (Å²) in [5.41, 5.74) is 4.99. The first-order valence-corrected chi connectivity index (χ1v) is 6.25. The van der Waals surface area contributed by atoms with Gasteiger partial charge in [0.15, 0.2) is 0 Å². The van der Waals surface area contributed by atoms with E-state index >= 15 is 0 Å². The summed E-state index contributed by atoms with van der Waals surface area (Å²) in [5.74, 6) is 0.911. The monoisotopic (exact) mass is 248 g/mol. The largest absolute Gasteiger partial charge is 0.469 e. The van der Waals surface area contributed by atoms with Gasteiger partial charge >= 0.3 is 0 Å². The van der Waals surface area contributed by atoms with E-state index in [2.05, 4.69) is 32.0 Å². The van der Waals surface area contributed by atoms with Crippen molar-refractivity contribution in [2.45, 2.75) is 32.6 Å². The molecule has 2 rings (SSSR count). The highest BCUT2D eigenvalue weighted by Gasteiger charge is 2.13. The van der Waals surface area contributed by atoms with Gasteiger partial charge in [0.2, 0.25) is 0 Å². The van der Waals surface area contributed by atoms with E-state index in [4.69, 9.17) is 16.0 Å². The molecule has 1 atom stereocenters. The molecule has 0 saturated heterocycles. The van der Waals surface area contributed by atoms with Crippen LogP contribution < -0.4 is 0 Å². The van der Waals surface area contributed by atoms with Gasteiger partial charge in [-0.25, -0.2) is 0 Å². The zero-order valence-corrected chi connectivity index (χ0v) is 11.2. The maximum atomic E-state index is 6.42. The van der Waals surface area contributed by atoms with Crippen molar-refractivity contribution < 1.29 is 4.42 Å². The lowest BCUT2D eigenvalue weighted by Crippen LogP contribution is -1.97. The Bertz CT molecular complexity index is 513. The summed E-state index contributed by atoms with van der Waals surface area (Å²) in [4.78, 5) is 0. The second-order valence-corrected chi connectivity index (χ2v) is 5.05. The van der Waals surface area contributed by atoms with Crippen molar-refractivity contribution in [3.8, 4) is 0 Å². The second kappa shape index (κ2) is 4.97. The summed E-state index contributed by atoms with van der Waals surface area (Å²) < 4.78 is 5.28. The zero-order chi connectivity index (χ0) is 12.4. The number of aryl methyl sites for hydroxylation is 3. The first-order valence-electron chi connectivity index (χ1n) is 5.82. The Morgan fingerprint density at radius 2 is 1.88 bits per heavy atom. The van der Waals surface area contributed by atoms with E-state index in [0.717, 1.165) is 17.7 Å². The van der Waals surface area contributed by atoms with Gasteiger partial charge < -0.3 is 4.42 Å². The number of hydrogen-bond donors (Lipinski definition) is 0. The third-order valence-electron chi connectivity index (χ3n) is 3.22. The summed E-state index contributed by atoms with van der Waals surface area (Å²) in [5, 5.41) is -0.0177. The highest BCUT2D eigenvalue weighted by atomic mass is 35.5. The fourth-order valence-corrected chi connectivity index (χ4v) is 2.37. The van der Waals surface area contributed by atoms with Crippen molar-refractivity contribution >= 4 is 11.6 Å². The van der Waals surface area contributed by atoms with Gasteiger partial charge in [-0.1, -0.05) is 18.2 Å². The molecule has 0 spiro atoms. The first-order chi connectivity index (χ1) is 8.08. The zero-order valence-electron chi connectivity index (χ0n) is 10.5. The standard InChI is InChI=1S/C15H17ClO/c1-10-4-5-13(8-11(10)2)9-15(16)14-6-7-17-12(14)3/h4-8,15H,9H2,1-3H3. The molecule has 2 heteroatoms. The molecule has 0 aliphatic rings.